The predicted molar refractivity (Wildman–Crippen MR) is 67.0 cm³/mol. The number of fused-ring (bicyclic) bond motifs is 2. The number of nitrogens with zero attached hydrogens (tertiary/aromatic N) is 1. The molecule has 0 aliphatic heterocycles. The van der Waals surface area contributed by atoms with E-state index >= 15 is 0 Å². The van der Waals surface area contributed by atoms with Crippen molar-refractivity contribution in [1.82, 2.24) is 4.98 Å². The van der Waals surface area contributed by atoms with Crippen molar-refractivity contribution in [2.45, 2.75) is 6.42 Å². The highest BCUT2D eigenvalue weighted by Gasteiger charge is 2.14. The van der Waals surface area contributed by atoms with Crippen LogP contribution in [0, 0.1) is 0 Å². The van der Waals surface area contributed by atoms with E-state index in [1.54, 1.807) is 0 Å². The molecule has 0 spiro atoms. The minimum Gasteiger partial charge on any atom is -0.294 e. The van der Waals surface area contributed by atoms with Gasteiger partial charge in [0.1, 0.15) is 0 Å². The summed E-state index contributed by atoms with van der Waals surface area (Å²) in [7, 11) is 0. The molecule has 0 saturated carbocycles. The van der Waals surface area contributed by atoms with Crippen molar-refractivity contribution in [3.63, 3.8) is 0 Å². The van der Waals surface area contributed by atoms with E-state index in [-0.39, 0.29) is 18.2 Å². The number of carbonyl (C=O) groups excluding carboxylic acids is 1. The third-order valence-corrected chi connectivity index (χ3v) is 2.63. The summed E-state index contributed by atoms with van der Waals surface area (Å²) in [5.74, 6) is 0.158. The number of carbonyl (C=O) groups is 1. The smallest absolute Gasteiger partial charge is 0.168 e. The summed E-state index contributed by atoms with van der Waals surface area (Å²) in [6.07, 6.45) is 4.28. The zero-order chi connectivity index (χ0) is 10.3. The number of pyridine rings is 1. The SMILES string of the molecule is Cl.O=C1CC=Cc2nc3ccccc3cc21. The number of para-hydroxylation sites is 1. The maximum atomic E-state index is 11.6. The van der Waals surface area contributed by atoms with Gasteiger partial charge in [0.2, 0.25) is 0 Å². The first-order valence-electron chi connectivity index (χ1n) is 4.94. The Hall–Kier alpha value is -1.67. The van der Waals surface area contributed by atoms with Gasteiger partial charge in [0, 0.05) is 17.4 Å². The molecule has 2 nitrogen and oxygen atoms in total. The van der Waals surface area contributed by atoms with Crippen LogP contribution in [0.2, 0.25) is 0 Å². The molecule has 0 atom stereocenters. The van der Waals surface area contributed by atoms with Crippen LogP contribution in [-0.2, 0) is 0 Å². The molecule has 0 amide bonds. The molecule has 0 N–H and O–H groups in total. The minimum absolute atomic E-state index is 0. The standard InChI is InChI=1S/C13H9NO.ClH/c15-13-7-3-6-12-10(13)8-9-4-1-2-5-11(9)14-12;/h1-6,8H,7H2;1H. The molecule has 0 saturated heterocycles. The van der Waals surface area contributed by atoms with Crippen LogP contribution in [0.15, 0.2) is 36.4 Å². The lowest BCUT2D eigenvalue weighted by Gasteiger charge is -2.09. The lowest BCUT2D eigenvalue weighted by molar-refractivity contribution is 0.0994. The molecular formula is C13H10ClNO. The Morgan fingerprint density at radius 3 is 2.88 bits per heavy atom. The number of hydrogen-bond acceptors (Lipinski definition) is 2. The average Bonchev–Trinajstić information content (AvgIpc) is 2.27. The van der Waals surface area contributed by atoms with Crippen LogP contribution in [0.1, 0.15) is 22.5 Å². The fourth-order valence-corrected chi connectivity index (χ4v) is 1.87. The predicted octanol–water partition coefficient (Wildman–Crippen LogP) is 3.26. The molecule has 1 aromatic carbocycles. The Morgan fingerprint density at radius 2 is 2.00 bits per heavy atom. The number of Topliss-reactive ketones (excluding diaryl/α,β-unsaturated/α-hetero) is 1. The second-order valence-corrected chi connectivity index (χ2v) is 3.64. The average molecular weight is 232 g/mol. The molecule has 1 heterocycles. The molecule has 1 aromatic heterocycles. The van der Waals surface area contributed by atoms with E-state index in [0.29, 0.717) is 6.42 Å². The fourth-order valence-electron chi connectivity index (χ4n) is 1.87. The second kappa shape index (κ2) is 4.06. The monoisotopic (exact) mass is 231 g/mol. The van der Waals surface area contributed by atoms with Gasteiger partial charge in [-0.3, -0.25) is 4.79 Å². The van der Waals surface area contributed by atoms with E-state index in [9.17, 15) is 4.79 Å². The van der Waals surface area contributed by atoms with Crippen molar-refractivity contribution in [2.24, 2.45) is 0 Å². The highest BCUT2D eigenvalue weighted by molar-refractivity contribution is 6.04. The number of benzene rings is 1. The molecule has 3 heteroatoms. The first kappa shape index (κ1) is 10.8. The fraction of sp³-hybridized carbons (Fsp3) is 0.0769. The summed E-state index contributed by atoms with van der Waals surface area (Å²) >= 11 is 0. The van der Waals surface area contributed by atoms with Gasteiger partial charge >= 0.3 is 0 Å². The van der Waals surface area contributed by atoms with E-state index in [2.05, 4.69) is 4.98 Å². The molecule has 1 aliphatic carbocycles. The molecule has 80 valence electrons. The van der Waals surface area contributed by atoms with Crippen LogP contribution in [0.4, 0.5) is 0 Å². The topological polar surface area (TPSA) is 30.0 Å². The van der Waals surface area contributed by atoms with Crippen molar-refractivity contribution < 1.29 is 4.79 Å². The Kier molecular flexibility index (Phi) is 2.75. The number of hydrogen-bond donors (Lipinski definition) is 0. The van der Waals surface area contributed by atoms with Gasteiger partial charge in [0.05, 0.1) is 11.2 Å². The zero-order valence-corrected chi connectivity index (χ0v) is 9.33. The largest absolute Gasteiger partial charge is 0.294 e. The Labute approximate surface area is 99.4 Å². The number of halogens is 1. The van der Waals surface area contributed by atoms with Gasteiger partial charge in [-0.15, -0.1) is 12.4 Å². The molecule has 0 radical (unpaired) electrons. The van der Waals surface area contributed by atoms with Crippen molar-refractivity contribution in [2.75, 3.05) is 0 Å². The third-order valence-electron chi connectivity index (χ3n) is 2.63. The molecule has 0 bridgehead atoms. The first-order valence-corrected chi connectivity index (χ1v) is 4.94. The van der Waals surface area contributed by atoms with Crippen LogP contribution in [-0.4, -0.2) is 10.8 Å². The van der Waals surface area contributed by atoms with Crippen molar-refractivity contribution in [3.8, 4) is 0 Å². The summed E-state index contributed by atoms with van der Waals surface area (Å²) in [6.45, 7) is 0. The summed E-state index contributed by atoms with van der Waals surface area (Å²) in [6, 6.07) is 9.79. The van der Waals surface area contributed by atoms with Gasteiger partial charge in [-0.25, -0.2) is 4.98 Å². The van der Waals surface area contributed by atoms with E-state index in [0.717, 1.165) is 22.2 Å². The highest BCUT2D eigenvalue weighted by atomic mass is 35.5. The summed E-state index contributed by atoms with van der Waals surface area (Å²) in [5, 5.41) is 1.03. The van der Waals surface area contributed by atoms with Crippen LogP contribution >= 0.6 is 12.4 Å². The summed E-state index contributed by atoms with van der Waals surface area (Å²) in [5.41, 5.74) is 2.48. The molecule has 2 aromatic rings. The number of rotatable bonds is 0. The van der Waals surface area contributed by atoms with Gasteiger partial charge in [-0.1, -0.05) is 24.3 Å². The molecule has 3 rings (SSSR count). The Bertz CT molecular complexity index is 590. The van der Waals surface area contributed by atoms with Crippen molar-refractivity contribution in [3.05, 3.63) is 47.7 Å². The summed E-state index contributed by atoms with van der Waals surface area (Å²) in [4.78, 5) is 16.1. The van der Waals surface area contributed by atoms with Crippen LogP contribution < -0.4 is 0 Å². The Morgan fingerprint density at radius 1 is 1.19 bits per heavy atom. The van der Waals surface area contributed by atoms with E-state index in [1.165, 1.54) is 0 Å². The van der Waals surface area contributed by atoms with Crippen molar-refractivity contribution in [1.29, 1.82) is 0 Å². The lowest BCUT2D eigenvalue weighted by atomic mass is 9.99. The number of allylic oxidation sites excluding steroid dienone is 1. The Balaban J connectivity index is 0.000000963. The first-order chi connectivity index (χ1) is 7.34. The quantitative estimate of drug-likeness (QED) is 0.697. The molecule has 0 unspecified atom stereocenters. The highest BCUT2D eigenvalue weighted by Crippen LogP contribution is 2.22. The van der Waals surface area contributed by atoms with Gasteiger partial charge < -0.3 is 0 Å². The second-order valence-electron chi connectivity index (χ2n) is 3.64. The normalized spacial score (nSPS) is 13.4. The van der Waals surface area contributed by atoms with Crippen LogP contribution in [0.5, 0.6) is 0 Å². The van der Waals surface area contributed by atoms with E-state index < -0.39 is 0 Å². The lowest BCUT2D eigenvalue weighted by Crippen LogP contribution is -2.06. The molecule has 1 aliphatic rings. The van der Waals surface area contributed by atoms with Gasteiger partial charge in [-0.2, -0.15) is 0 Å². The zero-order valence-electron chi connectivity index (χ0n) is 8.51. The van der Waals surface area contributed by atoms with Crippen LogP contribution in [0.25, 0.3) is 17.0 Å². The number of aromatic nitrogens is 1. The number of ketones is 1. The molecule has 0 fully saturated rings. The van der Waals surface area contributed by atoms with Gasteiger partial charge in [0.15, 0.2) is 5.78 Å². The van der Waals surface area contributed by atoms with Gasteiger partial charge in [-0.05, 0) is 18.2 Å². The van der Waals surface area contributed by atoms with E-state index in [4.69, 9.17) is 0 Å². The summed E-state index contributed by atoms with van der Waals surface area (Å²) < 4.78 is 0. The van der Waals surface area contributed by atoms with E-state index in [1.807, 2.05) is 42.5 Å². The van der Waals surface area contributed by atoms with Crippen molar-refractivity contribution >= 4 is 35.2 Å². The minimum atomic E-state index is 0. The molecule has 16 heavy (non-hydrogen) atoms. The molecular weight excluding hydrogens is 222 g/mol. The third kappa shape index (κ3) is 1.61. The van der Waals surface area contributed by atoms with Gasteiger partial charge in [0.25, 0.3) is 0 Å². The maximum absolute atomic E-state index is 11.6. The van der Waals surface area contributed by atoms with Crippen LogP contribution in [0.3, 0.4) is 0 Å². The maximum Gasteiger partial charge on any atom is 0.168 e.